The molecule has 2 rings (SSSR count). The van der Waals surface area contributed by atoms with Crippen LogP contribution in [0.15, 0.2) is 41.7 Å². The van der Waals surface area contributed by atoms with E-state index in [1.54, 1.807) is 12.1 Å². The molecule has 0 bridgehead atoms. The van der Waals surface area contributed by atoms with Crippen LogP contribution in [0.1, 0.15) is 28.1 Å². The number of hydrogen-bond acceptors (Lipinski definition) is 9. The molecule has 2 aromatic carbocycles. The number of carbonyl (C=O) groups excluding carboxylic acids is 2. The fraction of sp³-hybridized carbons (Fsp3) is 0.176. The molecule has 0 radical (unpaired) electrons. The number of diazo groups is 1. The summed E-state index contributed by atoms with van der Waals surface area (Å²) in [6, 6.07) is 9.01. The second kappa shape index (κ2) is 18.9. The summed E-state index contributed by atoms with van der Waals surface area (Å²) < 4.78 is 9.77. The molecule has 0 spiro atoms. The number of methoxy groups -OCH3 is 2. The standard InChI is InChI=1S/C8H7N3O2.C8H10N2O2.CH4.ClH.HNO2.Na/c1-13-7-3-2-5(8(9)12)4-6(7)11-10;1-12-7-3-2-5(8(10)11)4-6(7)9;;;2-1-3;/h2-4H,1H3,(H-,9,12);2-4H,9H2,1H3,(H2,10,11);1H4;1H;(H,2,3);/q;;;;;+1. The number of nitrogen functional groups attached to an aromatic ring is 1. The van der Waals surface area contributed by atoms with Crippen molar-refractivity contribution < 1.29 is 48.6 Å². The molecule has 0 saturated heterocycles. The maximum absolute atomic E-state index is 10.7. The Bertz CT molecular complexity index is 894. The van der Waals surface area contributed by atoms with E-state index in [0.29, 0.717) is 22.7 Å². The minimum atomic E-state index is -0.576. The number of hydrogen-bond donors (Lipinski definition) is 3. The van der Waals surface area contributed by atoms with Crippen LogP contribution in [0.2, 0.25) is 0 Å². The van der Waals surface area contributed by atoms with Gasteiger partial charge in [0.25, 0.3) is 0 Å². The molecule has 0 heterocycles. The molecule has 0 aliphatic heterocycles. The first-order valence-electron chi connectivity index (χ1n) is 7.26. The number of amides is 2. The summed E-state index contributed by atoms with van der Waals surface area (Å²) in [4.78, 5) is 32.4. The van der Waals surface area contributed by atoms with Gasteiger partial charge in [0.05, 0.1) is 26.0 Å². The Morgan fingerprint density at radius 2 is 1.39 bits per heavy atom. The van der Waals surface area contributed by atoms with E-state index in [1.165, 1.54) is 38.5 Å². The zero-order valence-corrected chi connectivity index (χ0v) is 19.2. The van der Waals surface area contributed by atoms with E-state index in [2.05, 4.69) is 4.98 Å². The fourth-order valence-corrected chi connectivity index (χ4v) is 1.81. The average molecular weight is 466 g/mol. The summed E-state index contributed by atoms with van der Waals surface area (Å²) in [6.07, 6.45) is 0. The Kier molecular flexibility index (Phi) is 21.5. The maximum atomic E-state index is 10.7. The zero-order valence-electron chi connectivity index (χ0n) is 16.4. The van der Waals surface area contributed by atoms with Gasteiger partial charge in [0, 0.05) is 11.1 Å². The number of primary amides is 2. The van der Waals surface area contributed by atoms with Gasteiger partial charge in [-0.3, -0.25) is 9.59 Å². The summed E-state index contributed by atoms with van der Waals surface area (Å²) in [7, 11) is 2.95. The number of nitrogens with two attached hydrogens (primary N) is 3. The molecule has 6 N–H and O–H groups in total. The molecule has 0 unspecified atom stereocenters. The number of halogens is 1. The molecule has 0 fully saturated rings. The van der Waals surface area contributed by atoms with Gasteiger partial charge in [-0.25, -0.2) is 0 Å². The van der Waals surface area contributed by atoms with Crippen LogP contribution in [0.3, 0.4) is 0 Å². The van der Waals surface area contributed by atoms with Crippen molar-refractivity contribution in [3.63, 3.8) is 0 Å². The van der Waals surface area contributed by atoms with E-state index in [0.717, 1.165) is 5.34 Å². The molecule has 2 aromatic rings. The molecule has 0 aliphatic rings. The smallest absolute Gasteiger partial charge is 0.495 e. The minimum Gasteiger partial charge on any atom is -0.495 e. The fourth-order valence-electron chi connectivity index (χ4n) is 1.81. The van der Waals surface area contributed by atoms with Gasteiger partial charge in [0.2, 0.25) is 23.0 Å². The summed E-state index contributed by atoms with van der Waals surface area (Å²) in [5.74, 6) is -0.149. The first kappa shape index (κ1) is 35.3. The van der Waals surface area contributed by atoms with Crippen LogP contribution in [0.5, 0.6) is 11.5 Å². The molecule has 0 saturated carbocycles. The van der Waals surface area contributed by atoms with Gasteiger partial charge in [-0.1, -0.05) is 7.43 Å². The molecule has 0 aromatic heterocycles. The van der Waals surface area contributed by atoms with Gasteiger partial charge in [0.1, 0.15) is 5.75 Å². The van der Waals surface area contributed by atoms with Crippen LogP contribution in [-0.2, 0) is 0 Å². The molecule has 164 valence electrons. The van der Waals surface area contributed by atoms with Gasteiger partial charge < -0.3 is 36.8 Å². The van der Waals surface area contributed by atoms with Crippen molar-refractivity contribution in [1.82, 2.24) is 0 Å². The van der Waals surface area contributed by atoms with Crippen molar-refractivity contribution in [3.05, 3.63) is 62.6 Å². The topological polar surface area (TPSA) is 211 Å². The molecule has 14 heteroatoms. The molecule has 31 heavy (non-hydrogen) atoms. The second-order valence-electron chi connectivity index (χ2n) is 4.75. The molecular weight excluding hydrogens is 443 g/mol. The largest absolute Gasteiger partial charge is 1.00 e. The van der Waals surface area contributed by atoms with E-state index >= 15 is 0 Å². The van der Waals surface area contributed by atoms with E-state index in [-0.39, 0.29) is 60.6 Å². The first-order chi connectivity index (χ1) is 13.2. The normalized spacial score (nSPS) is 7.77. The van der Waals surface area contributed by atoms with Crippen molar-refractivity contribution in [1.29, 1.82) is 5.39 Å². The molecular formula is C17H23ClN6NaO6+. The summed E-state index contributed by atoms with van der Waals surface area (Å²) in [6.45, 7) is 0. The van der Waals surface area contributed by atoms with Gasteiger partial charge in [-0.15, -0.1) is 17.7 Å². The Hall–Kier alpha value is -3.11. The summed E-state index contributed by atoms with van der Waals surface area (Å²) >= 11 is 0. The van der Waals surface area contributed by atoms with Crippen LogP contribution in [0, 0.1) is 15.5 Å². The Balaban J connectivity index is -0.000000192. The summed E-state index contributed by atoms with van der Waals surface area (Å²) in [5, 5.41) is 17.5. The van der Waals surface area contributed by atoms with Gasteiger partial charge in [0.15, 0.2) is 4.98 Å². The van der Waals surface area contributed by atoms with Crippen LogP contribution in [-0.4, -0.2) is 26.0 Å². The quantitative estimate of drug-likeness (QED) is 0.183. The van der Waals surface area contributed by atoms with E-state index in [4.69, 9.17) is 42.2 Å². The van der Waals surface area contributed by atoms with Crippen molar-refractivity contribution in [3.8, 4) is 11.5 Å². The molecule has 0 atom stereocenters. The number of rotatable bonds is 4. The summed E-state index contributed by atoms with van der Waals surface area (Å²) in [5.41, 5.74) is 16.8. The van der Waals surface area contributed by atoms with Crippen molar-refractivity contribution in [2.45, 2.75) is 7.43 Å². The number of benzene rings is 2. The van der Waals surface area contributed by atoms with Gasteiger partial charge >= 0.3 is 35.2 Å². The van der Waals surface area contributed by atoms with Crippen LogP contribution in [0.25, 0.3) is 4.98 Å². The molecule has 2 amide bonds. The van der Waals surface area contributed by atoms with Gasteiger partial charge in [-0.05, 0) is 30.3 Å². The number of carbonyl (C=O) groups is 2. The average Bonchev–Trinajstić information content (AvgIpc) is 2.68. The number of anilines is 1. The minimum absolute atomic E-state index is 0. The van der Waals surface area contributed by atoms with Crippen molar-refractivity contribution >= 4 is 35.6 Å². The zero-order chi connectivity index (χ0) is 21.7. The Morgan fingerprint density at radius 3 is 1.71 bits per heavy atom. The van der Waals surface area contributed by atoms with Crippen molar-refractivity contribution in [2.24, 2.45) is 16.8 Å². The first-order valence-corrected chi connectivity index (χ1v) is 7.26. The molecule has 0 aliphatic carbocycles. The van der Waals surface area contributed by atoms with Crippen molar-refractivity contribution in [2.75, 3.05) is 20.0 Å². The third-order valence-electron chi connectivity index (χ3n) is 3.09. The van der Waals surface area contributed by atoms with Crippen LogP contribution >= 0.6 is 12.4 Å². The predicted octanol–water partition coefficient (Wildman–Crippen LogP) is -0.0325. The number of nitrogens with zero attached hydrogens (tertiary/aromatic N) is 3. The Labute approximate surface area is 207 Å². The third kappa shape index (κ3) is 12.2. The molecule has 12 nitrogen and oxygen atoms in total. The Morgan fingerprint density at radius 1 is 1.00 bits per heavy atom. The monoisotopic (exact) mass is 465 g/mol. The third-order valence-corrected chi connectivity index (χ3v) is 3.09. The van der Waals surface area contributed by atoms with E-state index in [1.807, 2.05) is 0 Å². The van der Waals surface area contributed by atoms with E-state index < -0.39 is 11.8 Å². The SMILES string of the molecule is C.COc1ccc(C(N)=O)cc1N.COc1ccc(C(N)=O)cc1[N+]#N.Cl.O=N[O-].[Na+]. The van der Waals surface area contributed by atoms with Crippen LogP contribution < -0.4 is 56.2 Å². The maximum Gasteiger partial charge on any atom is 1.00 e. The second-order valence-corrected chi connectivity index (χ2v) is 4.75. The van der Waals surface area contributed by atoms with E-state index in [9.17, 15) is 9.59 Å². The predicted molar refractivity (Wildman–Crippen MR) is 115 cm³/mol. The van der Waals surface area contributed by atoms with Crippen LogP contribution in [0.4, 0.5) is 11.4 Å². The number of ether oxygens (including phenoxy) is 2. The van der Waals surface area contributed by atoms with Gasteiger partial charge in [-0.2, -0.15) is 0 Å².